The Morgan fingerprint density at radius 1 is 0.940 bits per heavy atom. The van der Waals surface area contributed by atoms with Gasteiger partial charge in [-0.2, -0.15) is 0 Å². The number of carboxylic acids is 1. The molecule has 2 aromatic carbocycles. The highest BCUT2D eigenvalue weighted by Crippen LogP contribution is 2.41. The van der Waals surface area contributed by atoms with Crippen molar-refractivity contribution in [3.63, 3.8) is 0 Å². The first-order valence-corrected chi connectivity index (χ1v) is 24.4. The van der Waals surface area contributed by atoms with Crippen LogP contribution < -0.4 is 15.5 Å². The Bertz CT molecular complexity index is 2700. The number of hydrogen-bond donors (Lipinski definition) is 4. The third-order valence-corrected chi connectivity index (χ3v) is 15.4. The zero-order valence-corrected chi connectivity index (χ0v) is 41.0. The second kappa shape index (κ2) is 19.1. The number of carbonyl (C=O) groups is 4. The molecule has 2 fully saturated rings. The monoisotopic (exact) mass is 949 g/mol. The smallest absolute Gasteiger partial charge is 0.308 e. The van der Waals surface area contributed by atoms with E-state index in [1.165, 1.54) is 4.90 Å². The van der Waals surface area contributed by atoms with Crippen LogP contribution in [0.25, 0.3) is 15.4 Å². The van der Waals surface area contributed by atoms with E-state index in [0.717, 1.165) is 54.0 Å². The standard InChI is InChI=1S/C49H59N9O7S2/c1-25-29(5)67-47-39(25)41(53-40(26(2)48(63)64)44-55-54-30(6)58(44)47)32-14-16-34(17-15-32)56-19-18-36(22-56)65-23-38(60)52-43(49(7,8)9)46(62)57-21-35(59)20-37(57)45(61)51-27(3)31-10-12-33(13-11-31)42-28(4)50-24-66-42/h10-17,24,26-27,35-37,40,43,59H,18-23H2,1-9H3,(H,51,61)(H,52,60)(H,63,64)/t26?,27-,35+,36?,37-,40-,43+/m0/s1. The topological polar surface area (TPSA) is 204 Å². The van der Waals surface area contributed by atoms with Crippen LogP contribution in [0.1, 0.15) is 104 Å². The lowest BCUT2D eigenvalue weighted by Crippen LogP contribution is -2.58. The van der Waals surface area contributed by atoms with Crippen LogP contribution in [0.3, 0.4) is 0 Å². The first kappa shape index (κ1) is 47.7. The number of aliphatic imine (C=N–C) groups is 1. The van der Waals surface area contributed by atoms with E-state index in [0.29, 0.717) is 36.9 Å². The summed E-state index contributed by atoms with van der Waals surface area (Å²) < 4.78 is 8.09. The predicted octanol–water partition coefficient (Wildman–Crippen LogP) is 6.26. The number of aromatic nitrogens is 4. The summed E-state index contributed by atoms with van der Waals surface area (Å²) >= 11 is 3.19. The van der Waals surface area contributed by atoms with Gasteiger partial charge < -0.3 is 35.4 Å². The van der Waals surface area contributed by atoms with Gasteiger partial charge in [0.2, 0.25) is 17.7 Å². The Morgan fingerprint density at radius 2 is 1.64 bits per heavy atom. The van der Waals surface area contributed by atoms with Gasteiger partial charge in [0, 0.05) is 47.7 Å². The molecule has 0 radical (unpaired) electrons. The van der Waals surface area contributed by atoms with Crippen LogP contribution in [0.15, 0.2) is 59.0 Å². The highest BCUT2D eigenvalue weighted by Gasteiger charge is 2.45. The number of aliphatic hydroxyl groups excluding tert-OH is 1. The Kier molecular flexibility index (Phi) is 13.6. The summed E-state index contributed by atoms with van der Waals surface area (Å²) in [6.07, 6.45) is -0.360. The summed E-state index contributed by atoms with van der Waals surface area (Å²) in [7, 11) is 0. The van der Waals surface area contributed by atoms with Gasteiger partial charge in [0.25, 0.3) is 0 Å². The van der Waals surface area contributed by atoms with Gasteiger partial charge in [0.1, 0.15) is 35.6 Å². The highest BCUT2D eigenvalue weighted by molar-refractivity contribution is 7.15. The predicted molar refractivity (Wildman–Crippen MR) is 258 cm³/mol. The van der Waals surface area contributed by atoms with Crippen molar-refractivity contribution in [2.24, 2.45) is 16.3 Å². The molecule has 67 heavy (non-hydrogen) atoms. The number of carboxylic acid groups (broad SMARTS) is 1. The first-order chi connectivity index (χ1) is 31.8. The Hall–Kier alpha value is -5.82. The summed E-state index contributed by atoms with van der Waals surface area (Å²) in [6, 6.07) is 13.0. The number of ether oxygens (including phenoxy) is 1. The zero-order chi connectivity index (χ0) is 48.1. The van der Waals surface area contributed by atoms with Gasteiger partial charge in [-0.15, -0.1) is 32.9 Å². The van der Waals surface area contributed by atoms with Crippen molar-refractivity contribution in [2.45, 2.75) is 112 Å². The van der Waals surface area contributed by atoms with Crippen molar-refractivity contribution < 1.29 is 34.1 Å². The largest absolute Gasteiger partial charge is 0.481 e. The SMILES string of the molecule is Cc1ncsc1-c1ccc([C@H](C)NC(=O)[C@@H]2C[C@@H](O)CN2C(=O)[C@@H](NC(=O)COC2CCN(c3ccc(C4=N[C@@H](C(C)C(=O)O)c5nnc(C)n5-c5sc(C)c(C)c54)cc3)C2)C(C)(C)C)cc1. The summed E-state index contributed by atoms with van der Waals surface area (Å²) in [5, 5.41) is 36.4. The number of benzene rings is 2. The van der Waals surface area contributed by atoms with Crippen LogP contribution in [0.2, 0.25) is 0 Å². The molecule has 0 bridgehead atoms. The fraction of sp³-hybridized carbons (Fsp3) is 0.469. The van der Waals surface area contributed by atoms with Gasteiger partial charge in [-0.3, -0.25) is 28.7 Å². The van der Waals surface area contributed by atoms with E-state index in [2.05, 4.69) is 44.6 Å². The quantitative estimate of drug-likeness (QED) is 0.104. The van der Waals surface area contributed by atoms with E-state index in [1.54, 1.807) is 29.6 Å². The number of carbonyl (C=O) groups excluding carboxylic acids is 3. The number of aryl methyl sites for hydroxylation is 3. The summed E-state index contributed by atoms with van der Waals surface area (Å²) in [6.45, 7) is 18.0. The number of anilines is 1. The Balaban J connectivity index is 0.888. The van der Waals surface area contributed by atoms with Crippen molar-refractivity contribution in [1.82, 2.24) is 35.3 Å². The molecule has 2 unspecified atom stereocenters. The van der Waals surface area contributed by atoms with Crippen molar-refractivity contribution in [3.8, 4) is 15.4 Å². The molecule has 3 aliphatic rings. The number of β-amino-alcohol motifs (C(OH)–C–C–N with tert-alkyl or cyclic N) is 1. The van der Waals surface area contributed by atoms with Gasteiger partial charge in [-0.1, -0.05) is 57.2 Å². The lowest BCUT2D eigenvalue weighted by atomic mass is 9.85. The van der Waals surface area contributed by atoms with Crippen LogP contribution in [0.5, 0.6) is 0 Å². The number of nitrogens with one attached hydrogen (secondary N) is 2. The lowest BCUT2D eigenvalue weighted by Gasteiger charge is -2.35. The average molecular weight is 950 g/mol. The molecule has 0 spiro atoms. The van der Waals surface area contributed by atoms with Crippen molar-refractivity contribution in [2.75, 3.05) is 31.1 Å². The van der Waals surface area contributed by atoms with Gasteiger partial charge in [-0.05, 0) is 82.2 Å². The van der Waals surface area contributed by atoms with E-state index in [4.69, 9.17) is 9.73 Å². The number of likely N-dealkylation sites (tertiary alicyclic amines) is 1. The second-order valence-electron chi connectivity index (χ2n) is 19.0. The fourth-order valence-electron chi connectivity index (χ4n) is 9.16. The van der Waals surface area contributed by atoms with Crippen molar-refractivity contribution in [3.05, 3.63) is 98.5 Å². The van der Waals surface area contributed by atoms with Crippen LogP contribution in [0, 0.1) is 39.0 Å². The molecule has 6 heterocycles. The maximum atomic E-state index is 14.3. The second-order valence-corrected chi connectivity index (χ2v) is 21.1. The molecular formula is C49H59N9O7S2. The van der Waals surface area contributed by atoms with Crippen LogP contribution >= 0.6 is 22.7 Å². The molecule has 5 aromatic rings. The molecule has 3 amide bonds. The molecule has 0 aliphatic carbocycles. The number of thiophene rings is 1. The third-order valence-electron chi connectivity index (χ3n) is 13.2. The molecule has 16 nitrogen and oxygen atoms in total. The van der Waals surface area contributed by atoms with E-state index in [9.17, 15) is 29.4 Å². The molecule has 2 saturated heterocycles. The Morgan fingerprint density at radius 3 is 2.30 bits per heavy atom. The Labute approximate surface area is 398 Å². The number of fused-ring (bicyclic) bond motifs is 3. The number of aliphatic hydroxyl groups is 1. The number of aliphatic carboxylic acids is 1. The van der Waals surface area contributed by atoms with Gasteiger partial charge >= 0.3 is 5.97 Å². The molecule has 354 valence electrons. The van der Waals surface area contributed by atoms with Gasteiger partial charge in [-0.25, -0.2) is 4.98 Å². The van der Waals surface area contributed by atoms with E-state index in [1.807, 2.05) is 100 Å². The van der Waals surface area contributed by atoms with Crippen LogP contribution in [-0.4, -0.2) is 115 Å². The van der Waals surface area contributed by atoms with E-state index < -0.39 is 53.3 Å². The normalized spacial score (nSPS) is 20.7. The van der Waals surface area contributed by atoms with Crippen molar-refractivity contribution in [1.29, 1.82) is 0 Å². The molecular weight excluding hydrogens is 891 g/mol. The summed E-state index contributed by atoms with van der Waals surface area (Å²) in [5.41, 5.74) is 8.54. The number of thiazole rings is 1. The first-order valence-electron chi connectivity index (χ1n) is 22.7. The molecule has 0 saturated carbocycles. The maximum Gasteiger partial charge on any atom is 0.308 e. The number of hydrogen-bond acceptors (Lipinski definition) is 13. The molecule has 7 atom stereocenters. The summed E-state index contributed by atoms with van der Waals surface area (Å²) in [4.78, 5) is 69.1. The van der Waals surface area contributed by atoms with E-state index >= 15 is 0 Å². The molecule has 18 heteroatoms. The molecule has 3 aromatic heterocycles. The fourth-order valence-corrected chi connectivity index (χ4v) is 11.2. The van der Waals surface area contributed by atoms with Crippen molar-refractivity contribution >= 4 is 57.8 Å². The minimum Gasteiger partial charge on any atom is -0.481 e. The maximum absolute atomic E-state index is 14.3. The van der Waals surface area contributed by atoms with Gasteiger partial charge in [0.15, 0.2) is 5.82 Å². The minimum absolute atomic E-state index is 0.0255. The number of rotatable bonds is 13. The van der Waals surface area contributed by atoms with E-state index in [-0.39, 0.29) is 37.6 Å². The molecule has 3 aliphatic heterocycles. The number of amides is 3. The molecule has 8 rings (SSSR count). The highest BCUT2D eigenvalue weighted by atomic mass is 32.1. The van der Waals surface area contributed by atoms with Crippen LogP contribution in [-0.2, 0) is 23.9 Å². The zero-order valence-electron chi connectivity index (χ0n) is 39.4. The average Bonchev–Trinajstić information content (AvgIpc) is 4.14. The lowest BCUT2D eigenvalue weighted by molar-refractivity contribution is -0.145. The van der Waals surface area contributed by atoms with Gasteiger partial charge in [0.05, 0.1) is 46.0 Å². The van der Waals surface area contributed by atoms with Crippen LogP contribution in [0.4, 0.5) is 5.69 Å². The summed E-state index contributed by atoms with van der Waals surface area (Å²) in [5.74, 6) is -1.90. The third kappa shape index (κ3) is 9.66. The molecule has 4 N–H and O–H groups in total. The number of nitrogens with zero attached hydrogens (tertiary/aromatic N) is 7. The minimum atomic E-state index is -0.983.